The number of hydrogen-bond donors (Lipinski definition) is 2. The molecular weight excluding hydrogens is 256 g/mol. The maximum Gasteiger partial charge on any atom is 0.231 e. The minimum absolute atomic E-state index is 0.0347. The average molecular weight is 276 g/mol. The van der Waals surface area contributed by atoms with Gasteiger partial charge in [0.25, 0.3) is 0 Å². The van der Waals surface area contributed by atoms with Crippen LogP contribution in [0.25, 0.3) is 0 Å². The Morgan fingerprint density at radius 3 is 2.75 bits per heavy atom. The number of amides is 1. The van der Waals surface area contributed by atoms with E-state index in [2.05, 4.69) is 10.6 Å². The summed E-state index contributed by atoms with van der Waals surface area (Å²) in [6.45, 7) is 6.12. The number of carbonyl (C=O) groups is 1. The topological polar surface area (TPSA) is 59.6 Å². The van der Waals surface area contributed by atoms with E-state index in [1.54, 1.807) is 0 Å². The molecule has 0 radical (unpaired) electrons. The van der Waals surface area contributed by atoms with Crippen LogP contribution in [0.1, 0.15) is 25.5 Å². The Morgan fingerprint density at radius 2 is 2.05 bits per heavy atom. The predicted molar refractivity (Wildman–Crippen MR) is 74.6 cm³/mol. The minimum Gasteiger partial charge on any atom is -0.454 e. The zero-order chi connectivity index (χ0) is 14.1. The van der Waals surface area contributed by atoms with Gasteiger partial charge in [0, 0.05) is 5.92 Å². The van der Waals surface area contributed by atoms with E-state index in [1.807, 2.05) is 32.0 Å². The molecule has 0 aliphatic carbocycles. The fourth-order valence-corrected chi connectivity index (χ4v) is 2.49. The lowest BCUT2D eigenvalue weighted by molar-refractivity contribution is -0.127. The van der Waals surface area contributed by atoms with Gasteiger partial charge in [-0.1, -0.05) is 13.0 Å². The van der Waals surface area contributed by atoms with Gasteiger partial charge in [-0.25, -0.2) is 0 Å². The smallest absolute Gasteiger partial charge is 0.231 e. The Morgan fingerprint density at radius 1 is 1.30 bits per heavy atom. The van der Waals surface area contributed by atoms with Gasteiger partial charge in [0.05, 0.1) is 6.04 Å². The van der Waals surface area contributed by atoms with Crippen LogP contribution in [0, 0.1) is 11.8 Å². The van der Waals surface area contributed by atoms with Gasteiger partial charge >= 0.3 is 0 Å². The lowest BCUT2D eigenvalue weighted by Crippen LogP contribution is -2.49. The van der Waals surface area contributed by atoms with Gasteiger partial charge in [0.2, 0.25) is 12.7 Å². The molecule has 108 valence electrons. The molecule has 1 saturated heterocycles. The van der Waals surface area contributed by atoms with E-state index in [0.717, 1.165) is 30.2 Å². The molecule has 3 rings (SSSR count). The highest BCUT2D eigenvalue weighted by Gasteiger charge is 2.29. The zero-order valence-electron chi connectivity index (χ0n) is 11.8. The van der Waals surface area contributed by atoms with E-state index in [0.29, 0.717) is 5.92 Å². The van der Waals surface area contributed by atoms with Crippen molar-refractivity contribution >= 4 is 5.91 Å². The summed E-state index contributed by atoms with van der Waals surface area (Å²) in [5, 5.41) is 6.27. The molecule has 1 aromatic carbocycles. The van der Waals surface area contributed by atoms with E-state index in [4.69, 9.17) is 9.47 Å². The highest BCUT2D eigenvalue weighted by Crippen LogP contribution is 2.34. The molecule has 5 nitrogen and oxygen atoms in total. The molecule has 20 heavy (non-hydrogen) atoms. The summed E-state index contributed by atoms with van der Waals surface area (Å²) in [6, 6.07) is 5.75. The summed E-state index contributed by atoms with van der Waals surface area (Å²) in [5.74, 6) is 2.13. The summed E-state index contributed by atoms with van der Waals surface area (Å²) in [7, 11) is 0. The average Bonchev–Trinajstić information content (AvgIpc) is 2.83. The predicted octanol–water partition coefficient (Wildman–Crippen LogP) is 1.45. The summed E-state index contributed by atoms with van der Waals surface area (Å²) < 4.78 is 10.7. The third-order valence-electron chi connectivity index (χ3n) is 4.19. The van der Waals surface area contributed by atoms with Gasteiger partial charge < -0.3 is 20.1 Å². The van der Waals surface area contributed by atoms with Gasteiger partial charge in [-0.2, -0.15) is 0 Å². The van der Waals surface area contributed by atoms with Crippen LogP contribution in [0.15, 0.2) is 18.2 Å². The third-order valence-corrected chi connectivity index (χ3v) is 4.19. The summed E-state index contributed by atoms with van der Waals surface area (Å²) >= 11 is 0. The van der Waals surface area contributed by atoms with Gasteiger partial charge in [-0.3, -0.25) is 4.79 Å². The normalized spacial score (nSPS) is 20.1. The molecule has 1 fully saturated rings. The summed E-state index contributed by atoms with van der Waals surface area (Å²) in [6.07, 6.45) is 0. The molecule has 2 aliphatic rings. The lowest BCUT2D eigenvalue weighted by atomic mass is 9.88. The molecule has 2 unspecified atom stereocenters. The van der Waals surface area contributed by atoms with E-state index >= 15 is 0 Å². The number of benzene rings is 1. The molecule has 5 heteroatoms. The second-order valence-electron chi connectivity index (χ2n) is 5.55. The molecule has 1 amide bonds. The first-order valence-electron chi connectivity index (χ1n) is 7.06. The fourth-order valence-electron chi connectivity index (χ4n) is 2.49. The second-order valence-corrected chi connectivity index (χ2v) is 5.55. The van der Waals surface area contributed by atoms with Crippen molar-refractivity contribution in [1.29, 1.82) is 0 Å². The van der Waals surface area contributed by atoms with Crippen LogP contribution in [0.5, 0.6) is 11.5 Å². The van der Waals surface area contributed by atoms with Crippen LogP contribution in [0.3, 0.4) is 0 Å². The molecule has 0 spiro atoms. The number of fused-ring (bicyclic) bond motifs is 1. The van der Waals surface area contributed by atoms with E-state index in [9.17, 15) is 4.79 Å². The first kappa shape index (κ1) is 13.2. The van der Waals surface area contributed by atoms with Crippen molar-refractivity contribution < 1.29 is 14.3 Å². The number of ether oxygens (including phenoxy) is 2. The molecule has 0 aromatic heterocycles. The maximum atomic E-state index is 12.2. The van der Waals surface area contributed by atoms with Crippen molar-refractivity contribution in [2.24, 2.45) is 11.8 Å². The molecule has 0 saturated carbocycles. The number of hydrogen-bond acceptors (Lipinski definition) is 4. The van der Waals surface area contributed by atoms with Gasteiger partial charge in [0.1, 0.15) is 0 Å². The van der Waals surface area contributed by atoms with Crippen molar-refractivity contribution in [2.45, 2.75) is 19.9 Å². The first-order chi connectivity index (χ1) is 9.65. The lowest BCUT2D eigenvalue weighted by Gasteiger charge is -2.32. The van der Waals surface area contributed by atoms with Gasteiger partial charge in [-0.05, 0) is 43.6 Å². The number of nitrogens with one attached hydrogen (secondary N) is 2. The highest BCUT2D eigenvalue weighted by atomic mass is 16.7. The van der Waals surface area contributed by atoms with Crippen LogP contribution < -0.4 is 20.1 Å². The molecule has 1 aromatic rings. The summed E-state index contributed by atoms with van der Waals surface area (Å²) in [5.41, 5.74) is 1.03. The first-order valence-corrected chi connectivity index (χ1v) is 7.06. The van der Waals surface area contributed by atoms with Crippen molar-refractivity contribution in [2.75, 3.05) is 19.9 Å². The molecule has 2 atom stereocenters. The molecule has 2 heterocycles. The van der Waals surface area contributed by atoms with Gasteiger partial charge in [-0.15, -0.1) is 0 Å². The Kier molecular flexibility index (Phi) is 3.53. The van der Waals surface area contributed by atoms with E-state index in [1.165, 1.54) is 0 Å². The summed E-state index contributed by atoms with van der Waals surface area (Å²) in [4.78, 5) is 12.2. The molecule has 2 N–H and O–H groups in total. The number of carbonyl (C=O) groups excluding carboxylic acids is 1. The van der Waals surface area contributed by atoms with Crippen molar-refractivity contribution in [1.82, 2.24) is 10.6 Å². The second kappa shape index (κ2) is 5.32. The Hall–Kier alpha value is -1.75. The van der Waals surface area contributed by atoms with Crippen LogP contribution in [-0.4, -0.2) is 25.8 Å². The van der Waals surface area contributed by atoms with E-state index < -0.39 is 0 Å². The fraction of sp³-hybridized carbons (Fsp3) is 0.533. The highest BCUT2D eigenvalue weighted by molar-refractivity contribution is 5.79. The SMILES string of the molecule is CC(NC(=O)C(C)C1CNC1)c1ccc2c(c1)OCO2. The van der Waals surface area contributed by atoms with Crippen LogP contribution in [-0.2, 0) is 4.79 Å². The number of rotatable bonds is 4. The largest absolute Gasteiger partial charge is 0.454 e. The molecular formula is C15H20N2O3. The van der Waals surface area contributed by atoms with Crippen LogP contribution >= 0.6 is 0 Å². The Bertz CT molecular complexity index is 514. The van der Waals surface area contributed by atoms with Crippen molar-refractivity contribution in [3.05, 3.63) is 23.8 Å². The van der Waals surface area contributed by atoms with Crippen LogP contribution in [0.2, 0.25) is 0 Å². The quantitative estimate of drug-likeness (QED) is 0.874. The van der Waals surface area contributed by atoms with Crippen molar-refractivity contribution in [3.63, 3.8) is 0 Å². The van der Waals surface area contributed by atoms with Crippen molar-refractivity contribution in [3.8, 4) is 11.5 Å². The third kappa shape index (κ3) is 2.45. The van der Waals surface area contributed by atoms with Gasteiger partial charge in [0.15, 0.2) is 11.5 Å². The molecule has 0 bridgehead atoms. The standard InChI is InChI=1S/C15H20N2O3/c1-9(12-6-16-7-12)15(18)17-10(2)11-3-4-13-14(5-11)20-8-19-13/h3-5,9-10,12,16H,6-8H2,1-2H3,(H,17,18). The maximum absolute atomic E-state index is 12.2. The monoisotopic (exact) mass is 276 g/mol. The van der Waals surface area contributed by atoms with E-state index in [-0.39, 0.29) is 24.7 Å². The minimum atomic E-state index is -0.0347. The molecule has 2 aliphatic heterocycles. The Labute approximate surface area is 118 Å². The van der Waals surface area contributed by atoms with Crippen LogP contribution in [0.4, 0.5) is 0 Å². The zero-order valence-corrected chi connectivity index (χ0v) is 11.8. The Balaban J connectivity index is 1.63.